The summed E-state index contributed by atoms with van der Waals surface area (Å²) in [5, 5.41) is 11.6. The third-order valence-corrected chi connectivity index (χ3v) is 4.23. The predicted molar refractivity (Wildman–Crippen MR) is 75.0 cm³/mol. The molecule has 0 aliphatic heterocycles. The first kappa shape index (κ1) is 15.0. The second-order valence-corrected chi connectivity index (χ2v) is 6.15. The molecule has 0 atom stereocenters. The summed E-state index contributed by atoms with van der Waals surface area (Å²) in [5.74, 6) is -1.97. The smallest absolute Gasteiger partial charge is 0.303 e. The van der Waals surface area contributed by atoms with E-state index in [2.05, 4.69) is 21.2 Å². The van der Waals surface area contributed by atoms with Crippen molar-refractivity contribution in [3.05, 3.63) is 34.1 Å². The van der Waals surface area contributed by atoms with E-state index in [-0.39, 0.29) is 23.9 Å². The highest BCUT2D eigenvalue weighted by Gasteiger charge is 2.39. The topological polar surface area (TPSA) is 66.4 Å². The lowest BCUT2D eigenvalue weighted by molar-refractivity contribution is -0.141. The zero-order valence-corrected chi connectivity index (χ0v) is 12.4. The summed E-state index contributed by atoms with van der Waals surface area (Å²) in [7, 11) is 0. The second kappa shape index (κ2) is 5.91. The Kier molecular flexibility index (Phi) is 4.42. The molecular formula is C14H15BrFNO3. The molecule has 1 amide bonds. The van der Waals surface area contributed by atoms with Crippen LogP contribution in [-0.4, -0.2) is 23.5 Å². The molecule has 0 spiro atoms. The molecule has 0 aromatic heterocycles. The molecule has 1 aliphatic carbocycles. The minimum absolute atomic E-state index is 0.0360. The maximum absolute atomic E-state index is 13.6. The normalized spacial score (nSPS) is 16.3. The summed E-state index contributed by atoms with van der Waals surface area (Å²) in [4.78, 5) is 22.8. The molecule has 1 aromatic rings. The van der Waals surface area contributed by atoms with Crippen LogP contribution in [0.5, 0.6) is 0 Å². The number of rotatable bonds is 5. The summed E-state index contributed by atoms with van der Waals surface area (Å²) >= 11 is 3.19. The fraction of sp³-hybridized carbons (Fsp3) is 0.429. The van der Waals surface area contributed by atoms with Crippen molar-refractivity contribution < 1.29 is 19.1 Å². The van der Waals surface area contributed by atoms with Crippen LogP contribution in [0.25, 0.3) is 0 Å². The van der Waals surface area contributed by atoms with E-state index in [1.807, 2.05) is 0 Å². The molecule has 2 rings (SSSR count). The lowest BCUT2D eigenvalue weighted by atomic mass is 9.66. The van der Waals surface area contributed by atoms with E-state index in [0.717, 1.165) is 19.3 Å². The number of hydrogen-bond acceptors (Lipinski definition) is 2. The van der Waals surface area contributed by atoms with Crippen LogP contribution in [-0.2, 0) is 4.79 Å². The van der Waals surface area contributed by atoms with Crippen molar-refractivity contribution in [1.82, 2.24) is 5.32 Å². The van der Waals surface area contributed by atoms with Crippen molar-refractivity contribution in [1.29, 1.82) is 0 Å². The third kappa shape index (κ3) is 3.36. The minimum Gasteiger partial charge on any atom is -0.481 e. The molecule has 1 aromatic carbocycles. The van der Waals surface area contributed by atoms with Crippen LogP contribution < -0.4 is 5.32 Å². The predicted octanol–water partition coefficient (Wildman–Crippen LogP) is 2.96. The first-order valence-corrected chi connectivity index (χ1v) is 7.16. The van der Waals surface area contributed by atoms with Crippen LogP contribution in [0.2, 0.25) is 0 Å². The van der Waals surface area contributed by atoms with Gasteiger partial charge in [-0.25, -0.2) is 4.39 Å². The van der Waals surface area contributed by atoms with Gasteiger partial charge < -0.3 is 10.4 Å². The van der Waals surface area contributed by atoms with E-state index < -0.39 is 17.7 Å². The highest BCUT2D eigenvalue weighted by molar-refractivity contribution is 9.10. The Bertz CT molecular complexity index is 543. The average Bonchev–Trinajstić information content (AvgIpc) is 2.34. The van der Waals surface area contributed by atoms with E-state index in [0.29, 0.717) is 4.47 Å². The van der Waals surface area contributed by atoms with Gasteiger partial charge in [0.2, 0.25) is 0 Å². The number of hydrogen-bond donors (Lipinski definition) is 2. The minimum atomic E-state index is -0.868. The number of halogens is 2. The quantitative estimate of drug-likeness (QED) is 0.863. The van der Waals surface area contributed by atoms with Crippen molar-refractivity contribution in [2.75, 3.05) is 6.54 Å². The Balaban J connectivity index is 2.01. The number of carboxylic acid groups (broad SMARTS) is 1. The summed E-state index contributed by atoms with van der Waals surface area (Å²) in [6, 6.07) is 4.15. The number of amides is 1. The summed E-state index contributed by atoms with van der Waals surface area (Å²) in [5.41, 5.74) is -0.409. The van der Waals surface area contributed by atoms with Gasteiger partial charge in [-0.05, 0) is 36.5 Å². The summed E-state index contributed by atoms with van der Waals surface area (Å²) in [6.07, 6.45) is 2.56. The van der Waals surface area contributed by atoms with Crippen molar-refractivity contribution in [3.8, 4) is 0 Å². The zero-order chi connectivity index (χ0) is 14.8. The van der Waals surface area contributed by atoms with Gasteiger partial charge in [0.25, 0.3) is 5.91 Å². The number of carboxylic acids is 1. The van der Waals surface area contributed by atoms with E-state index in [1.165, 1.54) is 18.2 Å². The number of nitrogens with one attached hydrogen (secondary N) is 1. The van der Waals surface area contributed by atoms with Crippen LogP contribution in [0.3, 0.4) is 0 Å². The lowest BCUT2D eigenvalue weighted by Crippen LogP contribution is -2.43. The molecule has 0 unspecified atom stereocenters. The molecule has 20 heavy (non-hydrogen) atoms. The van der Waals surface area contributed by atoms with E-state index in [4.69, 9.17) is 5.11 Å². The molecule has 6 heteroatoms. The Morgan fingerprint density at radius 2 is 2.10 bits per heavy atom. The van der Waals surface area contributed by atoms with Gasteiger partial charge in [0.05, 0.1) is 12.0 Å². The Morgan fingerprint density at radius 1 is 1.40 bits per heavy atom. The van der Waals surface area contributed by atoms with E-state index >= 15 is 0 Å². The van der Waals surface area contributed by atoms with Gasteiger partial charge in [-0.2, -0.15) is 0 Å². The molecule has 4 nitrogen and oxygen atoms in total. The van der Waals surface area contributed by atoms with Gasteiger partial charge in [0.1, 0.15) is 5.82 Å². The number of aliphatic carboxylic acids is 1. The van der Waals surface area contributed by atoms with Gasteiger partial charge in [0.15, 0.2) is 0 Å². The highest BCUT2D eigenvalue weighted by atomic mass is 79.9. The second-order valence-electron chi connectivity index (χ2n) is 5.23. The number of carbonyl (C=O) groups excluding carboxylic acids is 1. The third-order valence-electron chi connectivity index (χ3n) is 3.74. The number of carbonyl (C=O) groups is 2. The Labute approximate surface area is 124 Å². The van der Waals surface area contributed by atoms with Crippen LogP contribution in [0.1, 0.15) is 36.0 Å². The average molecular weight is 344 g/mol. The van der Waals surface area contributed by atoms with E-state index in [1.54, 1.807) is 0 Å². The Hall–Kier alpha value is -1.43. The maximum Gasteiger partial charge on any atom is 0.303 e. The molecule has 0 heterocycles. The molecule has 1 aliphatic rings. The molecule has 1 saturated carbocycles. The molecule has 0 saturated heterocycles. The molecular weight excluding hydrogens is 329 g/mol. The highest BCUT2D eigenvalue weighted by Crippen LogP contribution is 2.43. The Morgan fingerprint density at radius 3 is 2.65 bits per heavy atom. The van der Waals surface area contributed by atoms with Crippen LogP contribution in [0, 0.1) is 11.2 Å². The summed E-state index contributed by atoms with van der Waals surface area (Å²) < 4.78 is 14.2. The van der Waals surface area contributed by atoms with Crippen LogP contribution >= 0.6 is 15.9 Å². The van der Waals surface area contributed by atoms with Gasteiger partial charge in [-0.3, -0.25) is 9.59 Å². The van der Waals surface area contributed by atoms with Crippen molar-refractivity contribution in [2.24, 2.45) is 5.41 Å². The van der Waals surface area contributed by atoms with Crippen LogP contribution in [0.4, 0.5) is 4.39 Å². The SMILES string of the molecule is O=C(O)CC1(CNC(=O)c2cc(Br)ccc2F)CCC1. The van der Waals surface area contributed by atoms with Gasteiger partial charge in [-0.1, -0.05) is 22.4 Å². The maximum atomic E-state index is 13.6. The largest absolute Gasteiger partial charge is 0.481 e. The molecule has 1 fully saturated rings. The standard InChI is InChI=1S/C14H15BrFNO3/c15-9-2-3-11(16)10(6-9)13(20)17-8-14(4-1-5-14)7-12(18)19/h2-3,6H,1,4-5,7-8H2,(H,17,20)(H,18,19). The van der Waals surface area contributed by atoms with Crippen molar-refractivity contribution in [3.63, 3.8) is 0 Å². The van der Waals surface area contributed by atoms with E-state index in [9.17, 15) is 14.0 Å². The van der Waals surface area contributed by atoms with Gasteiger partial charge in [0, 0.05) is 11.0 Å². The first-order valence-electron chi connectivity index (χ1n) is 6.37. The monoisotopic (exact) mass is 343 g/mol. The molecule has 2 N–H and O–H groups in total. The van der Waals surface area contributed by atoms with Gasteiger partial charge in [-0.15, -0.1) is 0 Å². The molecule has 0 radical (unpaired) electrons. The summed E-state index contributed by atoms with van der Waals surface area (Å²) in [6.45, 7) is 0.268. The van der Waals surface area contributed by atoms with Crippen LogP contribution in [0.15, 0.2) is 22.7 Å². The number of benzene rings is 1. The fourth-order valence-corrected chi connectivity index (χ4v) is 2.81. The lowest BCUT2D eigenvalue weighted by Gasteiger charge is -2.40. The first-order chi connectivity index (χ1) is 9.42. The van der Waals surface area contributed by atoms with Crippen molar-refractivity contribution in [2.45, 2.75) is 25.7 Å². The van der Waals surface area contributed by atoms with Gasteiger partial charge >= 0.3 is 5.97 Å². The fourth-order valence-electron chi connectivity index (χ4n) is 2.45. The zero-order valence-electron chi connectivity index (χ0n) is 10.8. The molecule has 108 valence electrons. The van der Waals surface area contributed by atoms with Crippen molar-refractivity contribution >= 4 is 27.8 Å². The molecule has 0 bridgehead atoms.